The maximum absolute atomic E-state index is 12.4. The van der Waals surface area contributed by atoms with Crippen molar-refractivity contribution in [3.63, 3.8) is 0 Å². The molecule has 1 aromatic heterocycles. The Kier molecular flexibility index (Phi) is 6.09. The Morgan fingerprint density at radius 1 is 1.11 bits per heavy atom. The Hall–Kier alpha value is -2.73. The van der Waals surface area contributed by atoms with Crippen LogP contribution in [-0.2, 0) is 10.5 Å². The summed E-state index contributed by atoms with van der Waals surface area (Å²) >= 11 is 1.45. The fourth-order valence-electron chi connectivity index (χ4n) is 3.27. The number of aromatic nitrogens is 1. The molecule has 0 aliphatic heterocycles. The molecule has 0 unspecified atom stereocenters. The van der Waals surface area contributed by atoms with Crippen LogP contribution in [0.4, 0.5) is 5.69 Å². The Labute approximate surface area is 168 Å². The van der Waals surface area contributed by atoms with Gasteiger partial charge in [0.15, 0.2) is 5.43 Å². The van der Waals surface area contributed by atoms with Crippen LogP contribution < -0.4 is 15.5 Å². The van der Waals surface area contributed by atoms with Crippen LogP contribution in [0.25, 0.3) is 10.9 Å². The summed E-state index contributed by atoms with van der Waals surface area (Å²) in [6.45, 7) is 5.92. The van der Waals surface area contributed by atoms with E-state index in [1.54, 1.807) is 13.2 Å². The van der Waals surface area contributed by atoms with E-state index in [1.807, 2.05) is 51.1 Å². The molecule has 0 atom stereocenters. The van der Waals surface area contributed by atoms with Gasteiger partial charge in [0.2, 0.25) is 5.91 Å². The van der Waals surface area contributed by atoms with Crippen molar-refractivity contribution >= 4 is 34.3 Å². The van der Waals surface area contributed by atoms with Gasteiger partial charge in [0.25, 0.3) is 0 Å². The molecule has 3 rings (SSSR count). The molecule has 6 heteroatoms. The minimum atomic E-state index is -0.108. The monoisotopic (exact) mass is 396 g/mol. The largest absolute Gasteiger partial charge is 0.495 e. The molecule has 0 saturated carbocycles. The summed E-state index contributed by atoms with van der Waals surface area (Å²) in [6.07, 6.45) is 0. The van der Waals surface area contributed by atoms with Crippen molar-refractivity contribution in [2.45, 2.75) is 26.5 Å². The number of hydrogen-bond donors (Lipinski definition) is 2. The van der Waals surface area contributed by atoms with Crippen LogP contribution in [-0.4, -0.2) is 23.8 Å². The molecular weight excluding hydrogens is 372 g/mol. The maximum atomic E-state index is 12.4. The van der Waals surface area contributed by atoms with Gasteiger partial charge in [0.05, 0.1) is 24.1 Å². The van der Waals surface area contributed by atoms with E-state index < -0.39 is 0 Å². The molecule has 0 aliphatic rings. The van der Waals surface area contributed by atoms with Gasteiger partial charge in [-0.2, -0.15) is 0 Å². The number of nitrogens with one attached hydrogen (secondary N) is 2. The summed E-state index contributed by atoms with van der Waals surface area (Å²) in [4.78, 5) is 28.1. The number of fused-ring (bicyclic) bond motifs is 1. The molecule has 2 N–H and O–H groups in total. The molecule has 0 saturated heterocycles. The normalized spacial score (nSPS) is 10.9. The number of benzene rings is 2. The molecule has 5 nitrogen and oxygen atoms in total. The molecule has 1 heterocycles. The molecule has 1 amide bonds. The van der Waals surface area contributed by atoms with Crippen LogP contribution in [0.1, 0.15) is 22.4 Å². The Bertz CT molecular complexity index is 1090. The Balaban J connectivity index is 1.66. The Morgan fingerprint density at radius 3 is 2.64 bits per heavy atom. The highest BCUT2D eigenvalue weighted by molar-refractivity contribution is 7.99. The predicted octanol–water partition coefficient (Wildman–Crippen LogP) is 4.33. The van der Waals surface area contributed by atoms with Crippen molar-refractivity contribution in [2.24, 2.45) is 0 Å². The number of methoxy groups -OCH3 is 1. The minimum Gasteiger partial charge on any atom is -0.495 e. The second kappa shape index (κ2) is 8.52. The van der Waals surface area contributed by atoms with Crippen LogP contribution in [0, 0.1) is 20.8 Å². The van der Waals surface area contributed by atoms with Crippen molar-refractivity contribution in [3.05, 3.63) is 69.0 Å². The molecule has 146 valence electrons. The van der Waals surface area contributed by atoms with Crippen molar-refractivity contribution < 1.29 is 9.53 Å². The highest BCUT2D eigenvalue weighted by atomic mass is 32.2. The first-order valence-corrected chi connectivity index (χ1v) is 10.2. The van der Waals surface area contributed by atoms with Gasteiger partial charge in [-0.15, -0.1) is 11.8 Å². The maximum Gasteiger partial charge on any atom is 0.234 e. The number of carbonyl (C=O) groups excluding carboxylic acids is 1. The van der Waals surface area contributed by atoms with Crippen molar-refractivity contribution in [3.8, 4) is 5.75 Å². The molecule has 28 heavy (non-hydrogen) atoms. The number of anilines is 1. The summed E-state index contributed by atoms with van der Waals surface area (Å²) in [5.41, 5.74) is 5.46. The van der Waals surface area contributed by atoms with E-state index in [0.717, 1.165) is 33.3 Å². The summed E-state index contributed by atoms with van der Waals surface area (Å²) < 4.78 is 5.29. The number of thioether (sulfide) groups is 1. The topological polar surface area (TPSA) is 71.2 Å². The number of hydrogen-bond acceptors (Lipinski definition) is 4. The van der Waals surface area contributed by atoms with Gasteiger partial charge in [-0.3, -0.25) is 9.59 Å². The summed E-state index contributed by atoms with van der Waals surface area (Å²) in [5, 5.41) is 3.61. The van der Waals surface area contributed by atoms with Gasteiger partial charge in [-0.05, 0) is 55.7 Å². The third-order valence-electron chi connectivity index (χ3n) is 4.45. The van der Waals surface area contributed by atoms with Gasteiger partial charge in [0, 0.05) is 22.9 Å². The van der Waals surface area contributed by atoms with Gasteiger partial charge in [-0.25, -0.2) is 0 Å². The second-order valence-electron chi connectivity index (χ2n) is 6.91. The van der Waals surface area contributed by atoms with E-state index >= 15 is 0 Å². The van der Waals surface area contributed by atoms with Gasteiger partial charge >= 0.3 is 0 Å². The third-order valence-corrected chi connectivity index (χ3v) is 5.43. The fraction of sp³-hybridized carbons (Fsp3) is 0.273. The zero-order valence-corrected chi connectivity index (χ0v) is 17.3. The summed E-state index contributed by atoms with van der Waals surface area (Å²) in [7, 11) is 1.58. The molecular formula is C22H24N2O3S. The smallest absolute Gasteiger partial charge is 0.234 e. The van der Waals surface area contributed by atoms with E-state index in [0.29, 0.717) is 17.2 Å². The van der Waals surface area contributed by atoms with Crippen LogP contribution >= 0.6 is 11.8 Å². The Morgan fingerprint density at radius 2 is 1.89 bits per heavy atom. The fourth-order valence-corrected chi connectivity index (χ4v) is 4.00. The zero-order chi connectivity index (χ0) is 20.3. The summed E-state index contributed by atoms with van der Waals surface area (Å²) in [5.74, 6) is 1.36. The van der Waals surface area contributed by atoms with Gasteiger partial charge < -0.3 is 15.0 Å². The van der Waals surface area contributed by atoms with E-state index in [2.05, 4.69) is 10.3 Å². The van der Waals surface area contributed by atoms with Gasteiger partial charge in [-0.1, -0.05) is 12.1 Å². The number of ether oxygens (including phenoxy) is 1. The molecule has 3 aromatic rings. The van der Waals surface area contributed by atoms with E-state index in [-0.39, 0.29) is 17.1 Å². The highest BCUT2D eigenvalue weighted by Crippen LogP contribution is 2.25. The third kappa shape index (κ3) is 4.57. The molecule has 0 radical (unpaired) electrons. The molecule has 0 spiro atoms. The van der Waals surface area contributed by atoms with Crippen molar-refractivity contribution in [1.82, 2.24) is 4.98 Å². The van der Waals surface area contributed by atoms with Crippen LogP contribution in [0.15, 0.2) is 41.2 Å². The van der Waals surface area contributed by atoms with E-state index in [4.69, 9.17) is 4.74 Å². The lowest BCUT2D eigenvalue weighted by atomic mass is 10.1. The quantitative estimate of drug-likeness (QED) is 0.650. The number of carbonyl (C=O) groups is 1. The molecule has 2 aromatic carbocycles. The molecule has 0 aliphatic carbocycles. The molecule has 0 bridgehead atoms. The first kappa shape index (κ1) is 20.0. The SMILES string of the molecule is COc1ccc(C)cc1NC(=O)CSCc1cc(=O)c2c(C)cc(C)cc2[nH]1. The number of rotatable bonds is 6. The first-order chi connectivity index (χ1) is 13.4. The first-order valence-electron chi connectivity index (χ1n) is 9.03. The van der Waals surface area contributed by atoms with Gasteiger partial charge in [0.1, 0.15) is 5.75 Å². The number of aryl methyl sites for hydroxylation is 3. The van der Waals surface area contributed by atoms with Crippen LogP contribution in [0.3, 0.4) is 0 Å². The van der Waals surface area contributed by atoms with Crippen molar-refractivity contribution in [1.29, 1.82) is 0 Å². The average molecular weight is 397 g/mol. The standard InChI is InChI=1S/C22H24N2O3S/c1-13-5-6-20(27-4)17(8-13)24-21(26)12-28-11-16-10-19(25)22-15(3)7-14(2)9-18(22)23-16/h5-10H,11-12H2,1-4H3,(H,23,25)(H,24,26). The van der Waals surface area contributed by atoms with Crippen LogP contribution in [0.2, 0.25) is 0 Å². The highest BCUT2D eigenvalue weighted by Gasteiger charge is 2.10. The second-order valence-corrected chi connectivity index (χ2v) is 7.89. The lowest BCUT2D eigenvalue weighted by molar-refractivity contribution is -0.113. The van der Waals surface area contributed by atoms with Crippen LogP contribution in [0.5, 0.6) is 5.75 Å². The number of aromatic amines is 1. The molecule has 0 fully saturated rings. The number of pyridine rings is 1. The average Bonchev–Trinajstić information content (AvgIpc) is 2.61. The lowest BCUT2D eigenvalue weighted by Crippen LogP contribution is -2.15. The van der Waals surface area contributed by atoms with E-state index in [1.165, 1.54) is 11.8 Å². The summed E-state index contributed by atoms with van der Waals surface area (Å²) in [6, 6.07) is 11.3. The zero-order valence-electron chi connectivity index (χ0n) is 16.5. The minimum absolute atomic E-state index is 0.01000. The number of amides is 1. The van der Waals surface area contributed by atoms with Crippen molar-refractivity contribution in [2.75, 3.05) is 18.2 Å². The lowest BCUT2D eigenvalue weighted by Gasteiger charge is -2.11. The van der Waals surface area contributed by atoms with E-state index in [9.17, 15) is 9.59 Å². The number of H-pyrrole nitrogens is 1. The predicted molar refractivity (Wildman–Crippen MR) is 117 cm³/mol.